The molecule has 27 heavy (non-hydrogen) atoms. The molecule has 0 radical (unpaired) electrons. The van der Waals surface area contributed by atoms with Crippen LogP contribution >= 0.6 is 0 Å². The minimum Gasteiger partial charge on any atom is -0.444 e. The fraction of sp³-hybridized carbons (Fsp3) is 0.684. The number of carbonyl (C=O) groups is 1. The van der Waals surface area contributed by atoms with Gasteiger partial charge in [-0.15, -0.1) is 0 Å². The van der Waals surface area contributed by atoms with Crippen molar-refractivity contribution in [3.05, 3.63) is 29.6 Å². The lowest BCUT2D eigenvalue weighted by Crippen LogP contribution is -2.59. The third-order valence-corrected chi connectivity index (χ3v) is 5.20. The van der Waals surface area contributed by atoms with Gasteiger partial charge in [0, 0.05) is 36.7 Å². The standard InChI is InChI=1S/C19H25F3N2O3/c1-17(2,3)27-16(25)24-13-5-4-6-14(24)10-18(26,9-13)12-7-8-15(23-11-12)19(20,21)22/h7-8,11,13-14,26H,4-6,9-10H2,1-3H3. The van der Waals surface area contributed by atoms with Crippen molar-refractivity contribution in [2.45, 2.75) is 82.3 Å². The average Bonchev–Trinajstić information content (AvgIpc) is 2.51. The molecule has 1 aromatic heterocycles. The zero-order valence-electron chi connectivity index (χ0n) is 15.7. The number of nitrogens with zero attached hydrogens (tertiary/aromatic N) is 2. The van der Waals surface area contributed by atoms with Crippen LogP contribution in [0.4, 0.5) is 18.0 Å². The molecule has 3 heterocycles. The Kier molecular flexibility index (Phi) is 4.91. The van der Waals surface area contributed by atoms with Crippen LogP contribution < -0.4 is 0 Å². The second kappa shape index (κ2) is 6.65. The number of fused-ring (bicyclic) bond motifs is 2. The molecule has 1 amide bonds. The topological polar surface area (TPSA) is 62.7 Å². The van der Waals surface area contributed by atoms with E-state index < -0.39 is 29.2 Å². The van der Waals surface area contributed by atoms with Gasteiger partial charge in [0.2, 0.25) is 0 Å². The minimum absolute atomic E-state index is 0.209. The molecule has 2 bridgehead atoms. The van der Waals surface area contributed by atoms with Gasteiger partial charge in [-0.3, -0.25) is 4.98 Å². The number of pyridine rings is 1. The number of amides is 1. The van der Waals surface area contributed by atoms with Gasteiger partial charge in [-0.25, -0.2) is 4.79 Å². The Morgan fingerprint density at radius 3 is 2.26 bits per heavy atom. The molecule has 2 saturated heterocycles. The van der Waals surface area contributed by atoms with E-state index in [9.17, 15) is 23.1 Å². The SMILES string of the molecule is CC(C)(C)OC(=O)N1C2CCCC1CC(O)(c1ccc(C(F)(F)F)nc1)C2. The van der Waals surface area contributed by atoms with Gasteiger partial charge in [-0.2, -0.15) is 13.2 Å². The normalized spacial score (nSPS) is 28.8. The van der Waals surface area contributed by atoms with Gasteiger partial charge in [-0.05, 0) is 46.1 Å². The van der Waals surface area contributed by atoms with Crippen LogP contribution in [0.5, 0.6) is 0 Å². The highest BCUT2D eigenvalue weighted by atomic mass is 19.4. The van der Waals surface area contributed by atoms with Gasteiger partial charge < -0.3 is 14.7 Å². The van der Waals surface area contributed by atoms with Gasteiger partial charge in [0.05, 0.1) is 5.60 Å². The van der Waals surface area contributed by atoms with Gasteiger partial charge in [0.25, 0.3) is 0 Å². The number of alkyl halides is 3. The van der Waals surface area contributed by atoms with Crippen LogP contribution in [-0.2, 0) is 16.5 Å². The zero-order chi connectivity index (χ0) is 20.0. The summed E-state index contributed by atoms with van der Waals surface area (Å²) >= 11 is 0. The Balaban J connectivity index is 1.82. The lowest BCUT2D eigenvalue weighted by atomic mass is 9.73. The van der Waals surface area contributed by atoms with Crippen molar-refractivity contribution in [1.82, 2.24) is 9.88 Å². The molecule has 5 nitrogen and oxygen atoms in total. The number of piperidine rings is 2. The molecular weight excluding hydrogens is 361 g/mol. The number of ether oxygens (including phenoxy) is 1. The highest BCUT2D eigenvalue weighted by Gasteiger charge is 2.49. The molecule has 1 N–H and O–H groups in total. The van der Waals surface area contributed by atoms with Crippen LogP contribution in [0.2, 0.25) is 0 Å². The lowest BCUT2D eigenvalue weighted by Gasteiger charge is -2.51. The first-order valence-corrected chi connectivity index (χ1v) is 9.16. The predicted octanol–water partition coefficient (Wildman–Crippen LogP) is 4.24. The van der Waals surface area contributed by atoms with E-state index >= 15 is 0 Å². The van der Waals surface area contributed by atoms with E-state index in [-0.39, 0.29) is 24.9 Å². The summed E-state index contributed by atoms with van der Waals surface area (Å²) in [5.41, 5.74) is -2.54. The number of carbonyl (C=O) groups excluding carboxylic acids is 1. The maximum absolute atomic E-state index is 12.7. The molecule has 3 rings (SSSR count). The van der Waals surface area contributed by atoms with E-state index in [0.717, 1.165) is 31.5 Å². The monoisotopic (exact) mass is 386 g/mol. The van der Waals surface area contributed by atoms with E-state index in [4.69, 9.17) is 4.74 Å². The second-order valence-electron chi connectivity index (χ2n) is 8.50. The summed E-state index contributed by atoms with van der Waals surface area (Å²) in [5, 5.41) is 11.2. The van der Waals surface area contributed by atoms with Crippen LogP contribution in [0.25, 0.3) is 0 Å². The first kappa shape index (κ1) is 19.9. The summed E-state index contributed by atoms with van der Waals surface area (Å²) in [4.78, 5) is 17.8. The smallest absolute Gasteiger partial charge is 0.433 e. The van der Waals surface area contributed by atoms with E-state index in [1.165, 1.54) is 6.07 Å². The fourth-order valence-electron chi connectivity index (χ4n) is 4.11. The third-order valence-electron chi connectivity index (χ3n) is 5.20. The molecule has 150 valence electrons. The number of aliphatic hydroxyl groups is 1. The van der Waals surface area contributed by atoms with Crippen molar-refractivity contribution in [2.24, 2.45) is 0 Å². The van der Waals surface area contributed by atoms with Crippen molar-refractivity contribution in [3.63, 3.8) is 0 Å². The molecule has 2 aliphatic heterocycles. The van der Waals surface area contributed by atoms with Crippen molar-refractivity contribution in [1.29, 1.82) is 0 Å². The summed E-state index contributed by atoms with van der Waals surface area (Å²) in [6.07, 6.45) is -0.899. The lowest BCUT2D eigenvalue weighted by molar-refractivity contribution is -0.141. The molecular formula is C19H25F3N2O3. The predicted molar refractivity (Wildman–Crippen MR) is 91.9 cm³/mol. The molecule has 1 aromatic rings. The average molecular weight is 386 g/mol. The highest BCUT2D eigenvalue weighted by Crippen LogP contribution is 2.45. The van der Waals surface area contributed by atoms with Crippen molar-refractivity contribution < 1.29 is 27.8 Å². The fourth-order valence-corrected chi connectivity index (χ4v) is 4.11. The summed E-state index contributed by atoms with van der Waals surface area (Å²) < 4.78 is 43.7. The Bertz CT molecular complexity index is 684. The van der Waals surface area contributed by atoms with E-state index in [1.54, 1.807) is 25.7 Å². The van der Waals surface area contributed by atoms with Crippen LogP contribution in [0.15, 0.2) is 18.3 Å². The van der Waals surface area contributed by atoms with Crippen LogP contribution in [-0.4, -0.2) is 38.8 Å². The second-order valence-corrected chi connectivity index (χ2v) is 8.50. The van der Waals surface area contributed by atoms with Crippen LogP contribution in [0.3, 0.4) is 0 Å². The van der Waals surface area contributed by atoms with E-state index in [1.807, 2.05) is 0 Å². The third kappa shape index (κ3) is 4.20. The number of rotatable bonds is 1. The van der Waals surface area contributed by atoms with Crippen molar-refractivity contribution >= 4 is 6.09 Å². The summed E-state index contributed by atoms with van der Waals surface area (Å²) in [7, 11) is 0. The molecule has 0 aliphatic carbocycles. The molecule has 0 spiro atoms. The Hall–Kier alpha value is -1.83. The van der Waals surface area contributed by atoms with Gasteiger partial charge in [0.1, 0.15) is 11.3 Å². The molecule has 8 heteroatoms. The van der Waals surface area contributed by atoms with Crippen molar-refractivity contribution in [3.8, 4) is 0 Å². The number of hydrogen-bond acceptors (Lipinski definition) is 4. The van der Waals surface area contributed by atoms with E-state index in [0.29, 0.717) is 5.56 Å². The number of hydrogen-bond donors (Lipinski definition) is 1. The summed E-state index contributed by atoms with van der Waals surface area (Å²) in [5.74, 6) is 0. The highest BCUT2D eigenvalue weighted by molar-refractivity contribution is 5.69. The number of aromatic nitrogens is 1. The quantitative estimate of drug-likeness (QED) is 0.784. The Morgan fingerprint density at radius 1 is 1.22 bits per heavy atom. The Labute approximate surface area is 156 Å². The number of halogens is 3. The zero-order valence-corrected chi connectivity index (χ0v) is 15.7. The molecule has 2 aliphatic rings. The molecule has 0 aromatic carbocycles. The van der Waals surface area contributed by atoms with Crippen LogP contribution in [0, 0.1) is 0 Å². The van der Waals surface area contributed by atoms with Gasteiger partial charge >= 0.3 is 12.3 Å². The van der Waals surface area contributed by atoms with Crippen LogP contribution in [0.1, 0.15) is 64.1 Å². The minimum atomic E-state index is -4.52. The van der Waals surface area contributed by atoms with Gasteiger partial charge in [-0.1, -0.05) is 6.07 Å². The largest absolute Gasteiger partial charge is 0.444 e. The van der Waals surface area contributed by atoms with E-state index in [2.05, 4.69) is 4.98 Å². The molecule has 2 fully saturated rings. The summed E-state index contributed by atoms with van der Waals surface area (Å²) in [6, 6.07) is 1.76. The molecule has 2 atom stereocenters. The maximum Gasteiger partial charge on any atom is 0.433 e. The Morgan fingerprint density at radius 2 is 1.81 bits per heavy atom. The van der Waals surface area contributed by atoms with Gasteiger partial charge in [0.15, 0.2) is 0 Å². The first-order valence-electron chi connectivity index (χ1n) is 9.16. The summed E-state index contributed by atoms with van der Waals surface area (Å²) in [6.45, 7) is 5.40. The maximum atomic E-state index is 12.7. The molecule has 2 unspecified atom stereocenters. The first-order chi connectivity index (χ1) is 12.4. The molecule has 0 saturated carbocycles. The van der Waals surface area contributed by atoms with Crippen molar-refractivity contribution in [2.75, 3.05) is 0 Å².